The summed E-state index contributed by atoms with van der Waals surface area (Å²) >= 11 is 7.80. The molecule has 1 N–H and O–H groups in total. The fourth-order valence-electron chi connectivity index (χ4n) is 3.90. The molecule has 0 radical (unpaired) electrons. The number of hydrogen-bond acceptors (Lipinski definition) is 3. The van der Waals surface area contributed by atoms with Crippen molar-refractivity contribution >= 4 is 35.2 Å². The fraction of sp³-hybridized carbons (Fsp3) is 0.440. The number of halogens is 1. The standard InChI is InChI=1S/C25H31ClN2O2S/c1-19(25(30)27-22-11-4-2-5-12-22)28(18-20-9-8-10-21(26)17-20)24(29)15-16-31-23-13-6-3-7-14-23/h3,6-10,13-14,17,19,22H,2,4-5,11-12,15-16,18H2,1H3,(H,27,30). The van der Waals surface area contributed by atoms with Gasteiger partial charge in [-0.15, -0.1) is 11.8 Å². The minimum atomic E-state index is -0.532. The molecule has 1 unspecified atom stereocenters. The molecular formula is C25H31ClN2O2S. The lowest BCUT2D eigenvalue weighted by molar-refractivity contribution is -0.140. The minimum absolute atomic E-state index is 0.0188. The Bertz CT molecular complexity index is 856. The number of rotatable bonds is 9. The maximum absolute atomic E-state index is 13.2. The number of benzene rings is 2. The molecule has 3 rings (SSSR count). The lowest BCUT2D eigenvalue weighted by atomic mass is 9.95. The first-order valence-corrected chi connectivity index (χ1v) is 12.4. The van der Waals surface area contributed by atoms with Crippen LogP contribution in [0.25, 0.3) is 0 Å². The average Bonchev–Trinajstić information content (AvgIpc) is 2.78. The molecule has 1 fully saturated rings. The second-order valence-corrected chi connectivity index (χ2v) is 9.69. The van der Waals surface area contributed by atoms with Crippen molar-refractivity contribution < 1.29 is 9.59 Å². The molecular weight excluding hydrogens is 428 g/mol. The molecule has 1 saturated carbocycles. The number of carbonyl (C=O) groups excluding carboxylic acids is 2. The summed E-state index contributed by atoms with van der Waals surface area (Å²) in [6.07, 6.45) is 5.97. The monoisotopic (exact) mass is 458 g/mol. The van der Waals surface area contributed by atoms with Gasteiger partial charge in [0.2, 0.25) is 11.8 Å². The van der Waals surface area contributed by atoms with Gasteiger partial charge in [-0.3, -0.25) is 9.59 Å². The molecule has 2 amide bonds. The molecule has 166 valence electrons. The van der Waals surface area contributed by atoms with Crippen LogP contribution >= 0.6 is 23.4 Å². The van der Waals surface area contributed by atoms with E-state index >= 15 is 0 Å². The van der Waals surface area contributed by atoms with Crippen LogP contribution in [0.1, 0.15) is 51.0 Å². The van der Waals surface area contributed by atoms with Gasteiger partial charge in [-0.2, -0.15) is 0 Å². The van der Waals surface area contributed by atoms with Gasteiger partial charge in [0.15, 0.2) is 0 Å². The van der Waals surface area contributed by atoms with Crippen LogP contribution in [0.3, 0.4) is 0 Å². The summed E-state index contributed by atoms with van der Waals surface area (Å²) in [6, 6.07) is 17.2. The molecule has 4 nitrogen and oxygen atoms in total. The number of nitrogens with one attached hydrogen (secondary N) is 1. The molecule has 0 bridgehead atoms. The van der Waals surface area contributed by atoms with E-state index in [1.54, 1.807) is 16.7 Å². The van der Waals surface area contributed by atoms with Gasteiger partial charge in [-0.25, -0.2) is 0 Å². The Hall–Kier alpha value is -1.98. The Morgan fingerprint density at radius 1 is 1.10 bits per heavy atom. The van der Waals surface area contributed by atoms with Crippen molar-refractivity contribution in [3.05, 3.63) is 65.2 Å². The predicted molar refractivity (Wildman–Crippen MR) is 128 cm³/mol. The number of carbonyl (C=O) groups is 2. The van der Waals surface area contributed by atoms with Crippen LogP contribution < -0.4 is 5.32 Å². The first-order valence-electron chi connectivity index (χ1n) is 11.0. The Morgan fingerprint density at radius 2 is 1.84 bits per heavy atom. The normalized spacial score (nSPS) is 15.3. The van der Waals surface area contributed by atoms with Gasteiger partial charge < -0.3 is 10.2 Å². The van der Waals surface area contributed by atoms with Gasteiger partial charge in [0.1, 0.15) is 6.04 Å². The van der Waals surface area contributed by atoms with Gasteiger partial charge in [0, 0.05) is 34.7 Å². The molecule has 0 aromatic heterocycles. The molecule has 0 heterocycles. The Kier molecular flexibility index (Phi) is 9.29. The van der Waals surface area contributed by atoms with E-state index in [0.717, 1.165) is 36.1 Å². The number of amides is 2. The van der Waals surface area contributed by atoms with Crippen molar-refractivity contribution in [1.29, 1.82) is 0 Å². The highest BCUT2D eigenvalue weighted by molar-refractivity contribution is 7.99. The van der Waals surface area contributed by atoms with Crippen molar-refractivity contribution in [1.82, 2.24) is 10.2 Å². The van der Waals surface area contributed by atoms with Gasteiger partial charge >= 0.3 is 0 Å². The Morgan fingerprint density at radius 3 is 2.55 bits per heavy atom. The lowest BCUT2D eigenvalue weighted by Crippen LogP contribution is -2.50. The van der Waals surface area contributed by atoms with E-state index in [0.29, 0.717) is 23.7 Å². The molecule has 2 aromatic carbocycles. The molecule has 2 aromatic rings. The number of nitrogens with zero attached hydrogens (tertiary/aromatic N) is 1. The van der Waals surface area contributed by atoms with Gasteiger partial charge in [-0.05, 0) is 49.6 Å². The van der Waals surface area contributed by atoms with Gasteiger partial charge in [0.25, 0.3) is 0 Å². The van der Waals surface area contributed by atoms with E-state index in [9.17, 15) is 9.59 Å². The first-order chi connectivity index (χ1) is 15.0. The van der Waals surface area contributed by atoms with E-state index < -0.39 is 6.04 Å². The summed E-state index contributed by atoms with van der Waals surface area (Å²) in [6.45, 7) is 2.19. The third-order valence-corrected chi connectivity index (χ3v) is 6.94. The fourth-order valence-corrected chi connectivity index (χ4v) is 4.97. The Balaban J connectivity index is 1.65. The highest BCUT2D eigenvalue weighted by Gasteiger charge is 2.27. The zero-order chi connectivity index (χ0) is 22.1. The lowest BCUT2D eigenvalue weighted by Gasteiger charge is -2.31. The predicted octanol–water partition coefficient (Wildman–Crippen LogP) is 5.69. The maximum atomic E-state index is 13.2. The van der Waals surface area contributed by atoms with E-state index in [1.165, 1.54) is 6.42 Å². The van der Waals surface area contributed by atoms with Crippen LogP contribution in [0.4, 0.5) is 0 Å². The highest BCUT2D eigenvalue weighted by atomic mass is 35.5. The van der Waals surface area contributed by atoms with E-state index in [-0.39, 0.29) is 17.9 Å². The second kappa shape index (κ2) is 12.2. The summed E-state index contributed by atoms with van der Waals surface area (Å²) in [7, 11) is 0. The summed E-state index contributed by atoms with van der Waals surface area (Å²) in [5.74, 6) is 0.582. The van der Waals surface area contributed by atoms with Crippen molar-refractivity contribution in [3.63, 3.8) is 0 Å². The zero-order valence-electron chi connectivity index (χ0n) is 18.1. The third kappa shape index (κ3) is 7.58. The third-order valence-electron chi connectivity index (χ3n) is 5.69. The summed E-state index contributed by atoms with van der Waals surface area (Å²) in [5.41, 5.74) is 0.925. The highest BCUT2D eigenvalue weighted by Crippen LogP contribution is 2.21. The van der Waals surface area contributed by atoms with Crippen LogP contribution in [0.15, 0.2) is 59.5 Å². The summed E-state index contributed by atoms with van der Waals surface area (Å²) < 4.78 is 0. The molecule has 1 aliphatic carbocycles. The summed E-state index contributed by atoms with van der Waals surface area (Å²) in [5, 5.41) is 3.80. The molecule has 1 aliphatic rings. The van der Waals surface area contributed by atoms with Crippen LogP contribution in [0.5, 0.6) is 0 Å². The maximum Gasteiger partial charge on any atom is 0.242 e. The zero-order valence-corrected chi connectivity index (χ0v) is 19.6. The quantitative estimate of drug-likeness (QED) is 0.491. The van der Waals surface area contributed by atoms with Crippen molar-refractivity contribution in [3.8, 4) is 0 Å². The van der Waals surface area contributed by atoms with Crippen LogP contribution in [-0.4, -0.2) is 34.6 Å². The van der Waals surface area contributed by atoms with Crippen molar-refractivity contribution in [2.24, 2.45) is 0 Å². The van der Waals surface area contributed by atoms with Crippen LogP contribution in [-0.2, 0) is 16.1 Å². The Labute approximate surface area is 194 Å². The average molecular weight is 459 g/mol. The van der Waals surface area contributed by atoms with Crippen molar-refractivity contribution in [2.45, 2.75) is 69.0 Å². The topological polar surface area (TPSA) is 49.4 Å². The SMILES string of the molecule is CC(C(=O)NC1CCCCC1)N(Cc1cccc(Cl)c1)C(=O)CCSc1ccccc1. The largest absolute Gasteiger partial charge is 0.352 e. The molecule has 1 atom stereocenters. The van der Waals surface area contributed by atoms with Crippen LogP contribution in [0, 0.1) is 0 Å². The molecule has 0 spiro atoms. The molecule has 31 heavy (non-hydrogen) atoms. The first kappa shape index (κ1) is 23.7. The van der Waals surface area contributed by atoms with Gasteiger partial charge in [0.05, 0.1) is 0 Å². The summed E-state index contributed by atoms with van der Waals surface area (Å²) in [4.78, 5) is 29.0. The van der Waals surface area contributed by atoms with Crippen molar-refractivity contribution in [2.75, 3.05) is 5.75 Å². The minimum Gasteiger partial charge on any atom is -0.352 e. The number of hydrogen-bond donors (Lipinski definition) is 1. The molecule has 6 heteroatoms. The smallest absolute Gasteiger partial charge is 0.242 e. The van der Waals surface area contributed by atoms with E-state index in [2.05, 4.69) is 5.32 Å². The van der Waals surface area contributed by atoms with E-state index in [4.69, 9.17) is 11.6 Å². The second-order valence-electron chi connectivity index (χ2n) is 8.08. The number of thioether (sulfide) groups is 1. The van der Waals surface area contributed by atoms with Crippen LogP contribution in [0.2, 0.25) is 5.02 Å². The molecule has 0 saturated heterocycles. The van der Waals surface area contributed by atoms with E-state index in [1.807, 2.05) is 61.5 Å². The molecule has 0 aliphatic heterocycles. The van der Waals surface area contributed by atoms with Gasteiger partial charge in [-0.1, -0.05) is 61.2 Å².